The Kier molecular flexibility index (Phi) is 6.63. The van der Waals surface area contributed by atoms with Crippen molar-refractivity contribution >= 4 is 0 Å². The van der Waals surface area contributed by atoms with E-state index >= 15 is 0 Å². The third-order valence-corrected chi connectivity index (χ3v) is 3.69. The molecule has 0 aromatic heterocycles. The lowest BCUT2D eigenvalue weighted by atomic mass is 10.1. The molecule has 1 unspecified atom stereocenters. The van der Waals surface area contributed by atoms with Crippen LogP contribution in [0.5, 0.6) is 5.75 Å². The summed E-state index contributed by atoms with van der Waals surface area (Å²) >= 11 is 0. The van der Waals surface area contributed by atoms with Crippen molar-refractivity contribution < 1.29 is 17.9 Å². The topological polar surface area (TPSA) is 24.5 Å². The van der Waals surface area contributed by atoms with E-state index in [1.165, 1.54) is 24.3 Å². The van der Waals surface area contributed by atoms with Crippen LogP contribution >= 0.6 is 0 Å². The number of ether oxygens (including phenoxy) is 1. The van der Waals surface area contributed by atoms with Gasteiger partial charge in [-0.15, -0.1) is 0 Å². The van der Waals surface area contributed by atoms with Crippen molar-refractivity contribution in [3.63, 3.8) is 0 Å². The van der Waals surface area contributed by atoms with Gasteiger partial charge in [0.05, 0.1) is 0 Å². The molecule has 0 aliphatic heterocycles. The Labute approximate surface area is 140 Å². The largest absolute Gasteiger partial charge is 0.435 e. The Morgan fingerprint density at radius 2 is 1.62 bits per heavy atom. The Bertz CT molecular complexity index is 615. The van der Waals surface area contributed by atoms with E-state index in [1.807, 2.05) is 14.1 Å². The van der Waals surface area contributed by atoms with Crippen LogP contribution in [0.1, 0.15) is 17.2 Å². The van der Waals surface area contributed by atoms with Gasteiger partial charge in [0.2, 0.25) is 0 Å². The molecule has 0 saturated heterocycles. The first-order valence-electron chi connectivity index (χ1n) is 7.62. The second kappa shape index (κ2) is 8.70. The second-order valence-corrected chi connectivity index (χ2v) is 5.68. The SMILES string of the molecule is CN(C)C(CNCc1ccc(OC(F)F)cc1)c1ccc(F)cc1. The highest BCUT2D eigenvalue weighted by Crippen LogP contribution is 2.18. The Morgan fingerprint density at radius 3 is 2.17 bits per heavy atom. The maximum Gasteiger partial charge on any atom is 0.387 e. The van der Waals surface area contributed by atoms with Crippen LogP contribution in [0, 0.1) is 5.82 Å². The number of nitrogens with zero attached hydrogens (tertiary/aromatic N) is 1. The van der Waals surface area contributed by atoms with Crippen LogP contribution in [-0.2, 0) is 6.54 Å². The molecular formula is C18H21F3N2O. The molecule has 2 aromatic carbocycles. The smallest absolute Gasteiger partial charge is 0.387 e. The Morgan fingerprint density at radius 1 is 1.00 bits per heavy atom. The van der Waals surface area contributed by atoms with Crippen molar-refractivity contribution in [2.75, 3.05) is 20.6 Å². The maximum absolute atomic E-state index is 13.0. The van der Waals surface area contributed by atoms with Crippen LogP contribution in [0.2, 0.25) is 0 Å². The fourth-order valence-electron chi connectivity index (χ4n) is 2.43. The highest BCUT2D eigenvalue weighted by Gasteiger charge is 2.13. The van der Waals surface area contributed by atoms with Gasteiger partial charge in [0.15, 0.2) is 0 Å². The molecule has 0 bridgehead atoms. The van der Waals surface area contributed by atoms with E-state index < -0.39 is 6.61 Å². The first kappa shape index (κ1) is 18.3. The summed E-state index contributed by atoms with van der Waals surface area (Å²) in [6.45, 7) is -1.54. The molecule has 0 aliphatic carbocycles. The number of nitrogens with one attached hydrogen (secondary N) is 1. The summed E-state index contributed by atoms with van der Waals surface area (Å²) in [5.41, 5.74) is 1.99. The molecule has 6 heteroatoms. The quantitative estimate of drug-likeness (QED) is 0.792. The van der Waals surface area contributed by atoms with E-state index in [1.54, 1.807) is 24.3 Å². The van der Waals surface area contributed by atoms with E-state index in [0.29, 0.717) is 13.1 Å². The molecule has 1 N–H and O–H groups in total. The molecule has 3 nitrogen and oxygen atoms in total. The molecular weight excluding hydrogens is 317 g/mol. The molecule has 1 atom stereocenters. The van der Waals surface area contributed by atoms with Gasteiger partial charge >= 0.3 is 6.61 Å². The fraction of sp³-hybridized carbons (Fsp3) is 0.333. The molecule has 130 valence electrons. The lowest BCUT2D eigenvalue weighted by Gasteiger charge is -2.25. The van der Waals surface area contributed by atoms with Gasteiger partial charge in [-0.1, -0.05) is 24.3 Å². The highest BCUT2D eigenvalue weighted by atomic mass is 19.3. The van der Waals surface area contributed by atoms with E-state index in [0.717, 1.165) is 11.1 Å². The van der Waals surface area contributed by atoms with E-state index in [4.69, 9.17) is 0 Å². The lowest BCUT2D eigenvalue weighted by Crippen LogP contribution is -2.30. The second-order valence-electron chi connectivity index (χ2n) is 5.68. The van der Waals surface area contributed by atoms with E-state index in [9.17, 15) is 13.2 Å². The normalized spacial score (nSPS) is 12.6. The summed E-state index contributed by atoms with van der Waals surface area (Å²) in [6.07, 6.45) is 0. The number of benzene rings is 2. The fourth-order valence-corrected chi connectivity index (χ4v) is 2.43. The number of hydrogen-bond donors (Lipinski definition) is 1. The van der Waals surface area contributed by atoms with Gasteiger partial charge < -0.3 is 15.0 Å². The van der Waals surface area contributed by atoms with Crippen LogP contribution in [0.15, 0.2) is 48.5 Å². The summed E-state index contributed by atoms with van der Waals surface area (Å²) in [5.74, 6) is -0.110. The summed E-state index contributed by atoms with van der Waals surface area (Å²) in [7, 11) is 3.93. The molecule has 0 fully saturated rings. The van der Waals surface area contributed by atoms with Gasteiger partial charge in [-0.25, -0.2) is 4.39 Å². The third kappa shape index (κ3) is 5.54. The molecule has 0 saturated carbocycles. The van der Waals surface area contributed by atoms with Gasteiger partial charge in [-0.2, -0.15) is 8.78 Å². The van der Waals surface area contributed by atoms with E-state index in [2.05, 4.69) is 15.0 Å². The average molecular weight is 338 g/mol. The molecule has 0 aliphatic rings. The van der Waals surface area contributed by atoms with Crippen LogP contribution in [-0.4, -0.2) is 32.2 Å². The van der Waals surface area contributed by atoms with Crippen molar-refractivity contribution in [2.24, 2.45) is 0 Å². The van der Waals surface area contributed by atoms with Gasteiger partial charge in [0, 0.05) is 19.1 Å². The number of halogens is 3. The zero-order valence-corrected chi connectivity index (χ0v) is 13.7. The van der Waals surface area contributed by atoms with Crippen LogP contribution in [0.3, 0.4) is 0 Å². The Balaban J connectivity index is 1.89. The predicted octanol–water partition coefficient (Wildman–Crippen LogP) is 3.82. The van der Waals surface area contributed by atoms with Crippen LogP contribution < -0.4 is 10.1 Å². The molecule has 0 heterocycles. The summed E-state index contributed by atoms with van der Waals surface area (Å²) < 4.78 is 41.6. The minimum Gasteiger partial charge on any atom is -0.435 e. The van der Waals surface area contributed by atoms with Crippen LogP contribution in [0.25, 0.3) is 0 Å². The minimum absolute atomic E-state index is 0.104. The zero-order valence-electron chi connectivity index (χ0n) is 13.7. The molecule has 2 aromatic rings. The molecule has 0 spiro atoms. The predicted molar refractivity (Wildman–Crippen MR) is 87.6 cm³/mol. The standard InChI is InChI=1S/C18H21F3N2O/c1-23(2)17(14-5-7-15(19)8-6-14)12-22-11-13-3-9-16(10-4-13)24-18(20)21/h3-10,17-18,22H,11-12H2,1-2H3. The molecule has 2 rings (SSSR count). The summed E-state index contributed by atoms with van der Waals surface area (Å²) in [5, 5.41) is 3.33. The lowest BCUT2D eigenvalue weighted by molar-refractivity contribution is -0.0498. The van der Waals surface area contributed by atoms with Crippen molar-refractivity contribution in [3.8, 4) is 5.75 Å². The number of likely N-dealkylation sites (N-methyl/N-ethyl adjacent to an activating group) is 1. The van der Waals surface area contributed by atoms with Crippen molar-refractivity contribution in [1.82, 2.24) is 10.2 Å². The van der Waals surface area contributed by atoms with Crippen molar-refractivity contribution in [3.05, 3.63) is 65.5 Å². The molecule has 0 amide bonds. The summed E-state index contributed by atoms with van der Waals surface area (Å²) in [4.78, 5) is 2.06. The van der Waals surface area contributed by atoms with Gasteiger partial charge in [0.1, 0.15) is 11.6 Å². The number of alkyl halides is 2. The van der Waals surface area contributed by atoms with Crippen molar-refractivity contribution in [1.29, 1.82) is 0 Å². The van der Waals surface area contributed by atoms with Gasteiger partial charge in [-0.05, 0) is 49.5 Å². The van der Waals surface area contributed by atoms with Crippen LogP contribution in [0.4, 0.5) is 13.2 Å². The monoisotopic (exact) mass is 338 g/mol. The van der Waals surface area contributed by atoms with Gasteiger partial charge in [0.25, 0.3) is 0 Å². The number of rotatable bonds is 8. The molecule has 24 heavy (non-hydrogen) atoms. The first-order chi connectivity index (χ1) is 11.5. The highest BCUT2D eigenvalue weighted by molar-refractivity contribution is 5.27. The van der Waals surface area contributed by atoms with Crippen molar-refractivity contribution in [2.45, 2.75) is 19.2 Å². The maximum atomic E-state index is 13.0. The van der Waals surface area contributed by atoms with Gasteiger partial charge in [-0.3, -0.25) is 0 Å². The third-order valence-electron chi connectivity index (χ3n) is 3.69. The first-order valence-corrected chi connectivity index (χ1v) is 7.62. The zero-order chi connectivity index (χ0) is 17.5. The minimum atomic E-state index is -2.81. The Hall–Kier alpha value is -2.05. The van der Waals surface area contributed by atoms with E-state index in [-0.39, 0.29) is 17.6 Å². The summed E-state index contributed by atoms with van der Waals surface area (Å²) in [6, 6.07) is 13.1. The average Bonchev–Trinajstić information content (AvgIpc) is 2.53. The molecule has 0 radical (unpaired) electrons. The number of hydrogen-bond acceptors (Lipinski definition) is 3.